The topological polar surface area (TPSA) is 25.0 Å². The van der Waals surface area contributed by atoms with E-state index in [9.17, 15) is 0 Å². The molecular formula is C18H27NO. The van der Waals surface area contributed by atoms with Crippen molar-refractivity contribution in [1.82, 2.24) is 4.98 Å². The Hall–Kier alpha value is -1.28. The molecule has 0 aliphatic heterocycles. The Balaban J connectivity index is 2.12. The Labute approximate surface area is 122 Å². The van der Waals surface area contributed by atoms with Crippen LogP contribution in [0.1, 0.15) is 51.0 Å². The number of allylic oxidation sites excluding steroid dienone is 2. The first kappa shape index (κ1) is 15.1. The predicted octanol–water partition coefficient (Wildman–Crippen LogP) is 3.09. The molecule has 1 aliphatic carbocycles. The Morgan fingerprint density at radius 2 is 2.15 bits per heavy atom. The van der Waals surface area contributed by atoms with Crippen molar-refractivity contribution >= 4 is 12.7 Å². The molecule has 0 radical (unpaired) electrons. The molecule has 1 saturated carbocycles. The van der Waals surface area contributed by atoms with Crippen molar-refractivity contribution in [1.29, 1.82) is 0 Å². The zero-order chi connectivity index (χ0) is 14.6. The van der Waals surface area contributed by atoms with E-state index in [0.29, 0.717) is 11.3 Å². The van der Waals surface area contributed by atoms with E-state index in [2.05, 4.69) is 36.8 Å². The maximum atomic E-state index is 5.37. The molecule has 1 aromatic rings. The van der Waals surface area contributed by atoms with Gasteiger partial charge < -0.3 is 9.72 Å². The summed E-state index contributed by atoms with van der Waals surface area (Å²) in [5.41, 5.74) is 1.77. The summed E-state index contributed by atoms with van der Waals surface area (Å²) in [5.74, 6) is 0.649. The fraction of sp³-hybridized carbons (Fsp3) is 0.556. The van der Waals surface area contributed by atoms with Crippen LogP contribution >= 0.6 is 0 Å². The fourth-order valence-electron chi connectivity index (χ4n) is 3.31. The largest absolute Gasteiger partial charge is 0.384 e. The van der Waals surface area contributed by atoms with Crippen molar-refractivity contribution in [3.63, 3.8) is 0 Å². The van der Waals surface area contributed by atoms with E-state index in [0.717, 1.165) is 12.0 Å². The van der Waals surface area contributed by atoms with E-state index in [1.807, 2.05) is 13.0 Å². The number of hydrogen-bond acceptors (Lipinski definition) is 1. The summed E-state index contributed by atoms with van der Waals surface area (Å²) in [6.07, 6.45) is 13.3. The summed E-state index contributed by atoms with van der Waals surface area (Å²) >= 11 is 0. The van der Waals surface area contributed by atoms with Crippen LogP contribution in [-0.2, 0) is 4.74 Å². The van der Waals surface area contributed by atoms with Gasteiger partial charge >= 0.3 is 0 Å². The highest BCUT2D eigenvalue weighted by Crippen LogP contribution is 2.41. The molecule has 2 rings (SSSR count). The molecule has 0 spiro atoms. The number of nitrogens with one attached hydrogen (secondary N) is 1. The van der Waals surface area contributed by atoms with Gasteiger partial charge in [0.25, 0.3) is 0 Å². The predicted molar refractivity (Wildman–Crippen MR) is 86.0 cm³/mol. The Bertz CT molecular complexity index is 559. The van der Waals surface area contributed by atoms with Gasteiger partial charge in [-0.3, -0.25) is 0 Å². The van der Waals surface area contributed by atoms with Crippen LogP contribution in [0, 0.1) is 5.41 Å². The lowest BCUT2D eigenvalue weighted by Gasteiger charge is -2.36. The van der Waals surface area contributed by atoms with Gasteiger partial charge in [-0.25, -0.2) is 0 Å². The molecule has 20 heavy (non-hydrogen) atoms. The van der Waals surface area contributed by atoms with Gasteiger partial charge in [0, 0.05) is 18.7 Å². The SMILES string of the molecule is C=c1c(C2CCC(C)(COC)CC2)c[nH]/c1=C/C=C\C. The second kappa shape index (κ2) is 6.45. The molecule has 0 saturated heterocycles. The molecule has 110 valence electrons. The van der Waals surface area contributed by atoms with Crippen molar-refractivity contribution < 1.29 is 4.74 Å². The molecule has 2 nitrogen and oxygen atoms in total. The molecule has 1 N–H and O–H groups in total. The number of rotatable bonds is 4. The minimum absolute atomic E-state index is 0.364. The normalized spacial score (nSPS) is 28.4. The highest BCUT2D eigenvalue weighted by atomic mass is 16.5. The summed E-state index contributed by atoms with van der Waals surface area (Å²) in [7, 11) is 1.81. The third-order valence-electron chi connectivity index (χ3n) is 4.64. The molecule has 1 aliphatic rings. The van der Waals surface area contributed by atoms with Crippen LogP contribution in [-0.4, -0.2) is 18.7 Å². The number of ether oxygens (including phenoxy) is 1. The van der Waals surface area contributed by atoms with Gasteiger partial charge in [-0.1, -0.05) is 25.7 Å². The average molecular weight is 273 g/mol. The standard InChI is InChI=1S/C18H27NO/c1-5-6-7-17-14(2)16(12-19-17)15-8-10-18(3,11-9-15)13-20-4/h5-7,12,15,19H,2,8-11,13H2,1,3-4H3/b6-5-,17-7+. The highest BCUT2D eigenvalue weighted by molar-refractivity contribution is 5.37. The summed E-state index contributed by atoms with van der Waals surface area (Å²) in [5, 5.41) is 2.31. The van der Waals surface area contributed by atoms with Gasteiger partial charge in [-0.15, -0.1) is 0 Å². The second-order valence-corrected chi connectivity index (χ2v) is 6.35. The highest BCUT2D eigenvalue weighted by Gasteiger charge is 2.32. The van der Waals surface area contributed by atoms with Crippen molar-refractivity contribution in [3.05, 3.63) is 34.5 Å². The lowest BCUT2D eigenvalue weighted by atomic mass is 9.70. The maximum absolute atomic E-state index is 5.37. The van der Waals surface area contributed by atoms with Crippen LogP contribution in [0.15, 0.2) is 18.3 Å². The lowest BCUT2D eigenvalue weighted by Crippen LogP contribution is -2.30. The molecule has 0 aromatic carbocycles. The number of hydrogen-bond donors (Lipinski definition) is 1. The van der Waals surface area contributed by atoms with E-state index in [1.165, 1.54) is 36.5 Å². The average Bonchev–Trinajstić information content (AvgIpc) is 2.79. The molecule has 0 bridgehead atoms. The Kier molecular flexibility index (Phi) is 4.87. The van der Waals surface area contributed by atoms with Crippen LogP contribution < -0.4 is 10.6 Å². The van der Waals surface area contributed by atoms with E-state index in [-0.39, 0.29) is 0 Å². The molecule has 1 fully saturated rings. The molecule has 2 heteroatoms. The van der Waals surface area contributed by atoms with Crippen molar-refractivity contribution in [2.75, 3.05) is 13.7 Å². The van der Waals surface area contributed by atoms with E-state index >= 15 is 0 Å². The van der Waals surface area contributed by atoms with Crippen LogP contribution in [0.5, 0.6) is 0 Å². The van der Waals surface area contributed by atoms with Gasteiger partial charge in [-0.05, 0) is 60.8 Å². The molecule has 1 heterocycles. The van der Waals surface area contributed by atoms with Gasteiger partial charge in [0.2, 0.25) is 0 Å². The molecule has 1 aromatic heterocycles. The number of H-pyrrole nitrogens is 1. The first-order chi connectivity index (χ1) is 9.59. The Morgan fingerprint density at radius 1 is 1.45 bits per heavy atom. The number of aromatic nitrogens is 1. The van der Waals surface area contributed by atoms with Gasteiger partial charge in [0.05, 0.1) is 6.61 Å². The lowest BCUT2D eigenvalue weighted by molar-refractivity contribution is 0.0581. The zero-order valence-electron chi connectivity index (χ0n) is 13.0. The van der Waals surface area contributed by atoms with E-state index in [1.54, 1.807) is 7.11 Å². The summed E-state index contributed by atoms with van der Waals surface area (Å²) in [6.45, 7) is 9.52. The van der Waals surface area contributed by atoms with Crippen molar-refractivity contribution in [2.45, 2.75) is 45.4 Å². The number of methoxy groups -OCH3 is 1. The Morgan fingerprint density at radius 3 is 2.75 bits per heavy atom. The van der Waals surface area contributed by atoms with Crippen LogP contribution in [0.3, 0.4) is 0 Å². The van der Waals surface area contributed by atoms with E-state index < -0.39 is 0 Å². The summed E-state index contributed by atoms with van der Waals surface area (Å²) in [4.78, 5) is 3.36. The van der Waals surface area contributed by atoms with Crippen LogP contribution in [0.4, 0.5) is 0 Å². The number of aromatic amines is 1. The minimum atomic E-state index is 0.364. The van der Waals surface area contributed by atoms with Gasteiger partial charge in [-0.2, -0.15) is 0 Å². The first-order valence-corrected chi connectivity index (χ1v) is 7.58. The molecular weight excluding hydrogens is 246 g/mol. The third kappa shape index (κ3) is 3.24. The quantitative estimate of drug-likeness (QED) is 0.896. The molecule has 0 atom stereocenters. The minimum Gasteiger partial charge on any atom is -0.384 e. The fourth-order valence-corrected chi connectivity index (χ4v) is 3.31. The van der Waals surface area contributed by atoms with Crippen molar-refractivity contribution in [3.8, 4) is 0 Å². The van der Waals surface area contributed by atoms with Crippen LogP contribution in [0.2, 0.25) is 0 Å². The summed E-state index contributed by atoms with van der Waals surface area (Å²) < 4.78 is 5.37. The molecule has 0 amide bonds. The van der Waals surface area contributed by atoms with Gasteiger partial charge in [0.15, 0.2) is 0 Å². The third-order valence-corrected chi connectivity index (χ3v) is 4.64. The zero-order valence-corrected chi connectivity index (χ0v) is 13.0. The monoisotopic (exact) mass is 273 g/mol. The summed E-state index contributed by atoms with van der Waals surface area (Å²) in [6, 6.07) is 0. The van der Waals surface area contributed by atoms with Crippen LogP contribution in [0.25, 0.3) is 12.7 Å². The van der Waals surface area contributed by atoms with Gasteiger partial charge in [0.1, 0.15) is 0 Å². The second-order valence-electron chi connectivity index (χ2n) is 6.35. The van der Waals surface area contributed by atoms with Crippen molar-refractivity contribution in [2.24, 2.45) is 5.41 Å². The molecule has 0 unspecified atom stereocenters. The van der Waals surface area contributed by atoms with E-state index in [4.69, 9.17) is 4.74 Å². The smallest absolute Gasteiger partial charge is 0.0516 e. The first-order valence-electron chi connectivity index (χ1n) is 7.58. The maximum Gasteiger partial charge on any atom is 0.0516 e.